The highest BCUT2D eigenvalue weighted by Crippen LogP contribution is 2.25. The second-order valence-electron chi connectivity index (χ2n) is 4.95. The van der Waals surface area contributed by atoms with Crippen LogP contribution in [0.15, 0.2) is 60.7 Å². The Bertz CT molecular complexity index is 803. The maximum absolute atomic E-state index is 11.0. The molecule has 2 nitrogen and oxygen atoms in total. The fraction of sp³-hybridized carbons (Fsp3) is 0.0556. The minimum absolute atomic E-state index is 0.320. The fourth-order valence-corrected chi connectivity index (χ4v) is 2.38. The molecule has 0 aliphatic heterocycles. The van der Waals surface area contributed by atoms with Gasteiger partial charge in [-0.05, 0) is 47.0 Å². The molecule has 1 N–H and O–H groups in total. The molecule has 0 bridgehead atoms. The molecular formula is C18H14O2. The average molecular weight is 262 g/mol. The summed E-state index contributed by atoms with van der Waals surface area (Å²) in [7, 11) is 0. The number of carbonyl (C=O) groups is 1. The first-order valence-corrected chi connectivity index (χ1v) is 6.48. The second kappa shape index (κ2) is 4.82. The van der Waals surface area contributed by atoms with E-state index in [0.717, 1.165) is 16.3 Å². The molecule has 20 heavy (non-hydrogen) atoms. The van der Waals surface area contributed by atoms with Crippen molar-refractivity contribution < 1.29 is 9.90 Å². The minimum Gasteiger partial charge on any atom is -0.478 e. The van der Waals surface area contributed by atoms with Crippen LogP contribution in [-0.4, -0.2) is 11.1 Å². The summed E-state index contributed by atoms with van der Waals surface area (Å²) < 4.78 is 0. The summed E-state index contributed by atoms with van der Waals surface area (Å²) in [5.74, 6) is -0.894. The van der Waals surface area contributed by atoms with Crippen LogP contribution in [0.4, 0.5) is 0 Å². The highest BCUT2D eigenvalue weighted by atomic mass is 16.4. The maximum atomic E-state index is 11.0. The van der Waals surface area contributed by atoms with Crippen molar-refractivity contribution in [3.8, 4) is 11.1 Å². The predicted octanol–water partition coefficient (Wildman–Crippen LogP) is 4.51. The van der Waals surface area contributed by atoms with Gasteiger partial charge in [-0.2, -0.15) is 0 Å². The van der Waals surface area contributed by atoms with Crippen LogP contribution in [0.3, 0.4) is 0 Å². The molecule has 98 valence electrons. The lowest BCUT2D eigenvalue weighted by Gasteiger charge is -2.06. The second-order valence-corrected chi connectivity index (χ2v) is 4.95. The third kappa shape index (κ3) is 2.28. The molecule has 3 aromatic carbocycles. The number of hydrogen-bond donors (Lipinski definition) is 1. The van der Waals surface area contributed by atoms with E-state index in [-0.39, 0.29) is 0 Å². The Kier molecular flexibility index (Phi) is 2.99. The summed E-state index contributed by atoms with van der Waals surface area (Å²) in [5.41, 5.74) is 3.86. The maximum Gasteiger partial charge on any atom is 0.335 e. The molecule has 0 amide bonds. The van der Waals surface area contributed by atoms with Crippen molar-refractivity contribution in [2.75, 3.05) is 0 Å². The first-order valence-electron chi connectivity index (χ1n) is 6.48. The van der Waals surface area contributed by atoms with E-state index in [2.05, 4.69) is 31.2 Å². The van der Waals surface area contributed by atoms with Crippen molar-refractivity contribution in [1.82, 2.24) is 0 Å². The largest absolute Gasteiger partial charge is 0.478 e. The van der Waals surface area contributed by atoms with Crippen LogP contribution in [0.25, 0.3) is 21.9 Å². The van der Waals surface area contributed by atoms with Gasteiger partial charge < -0.3 is 5.11 Å². The van der Waals surface area contributed by atoms with Gasteiger partial charge >= 0.3 is 5.97 Å². The minimum atomic E-state index is -0.894. The van der Waals surface area contributed by atoms with Gasteiger partial charge in [-0.1, -0.05) is 48.0 Å². The summed E-state index contributed by atoms with van der Waals surface area (Å²) in [6.45, 7) is 2.07. The van der Waals surface area contributed by atoms with Crippen molar-refractivity contribution in [3.05, 3.63) is 71.8 Å². The van der Waals surface area contributed by atoms with E-state index in [9.17, 15) is 4.79 Å². The van der Waals surface area contributed by atoms with Gasteiger partial charge in [-0.3, -0.25) is 0 Å². The van der Waals surface area contributed by atoms with E-state index in [1.54, 1.807) is 12.1 Å². The lowest BCUT2D eigenvalue weighted by atomic mass is 9.99. The Hall–Kier alpha value is -2.61. The van der Waals surface area contributed by atoms with Crippen LogP contribution in [0.1, 0.15) is 15.9 Å². The Morgan fingerprint density at radius 2 is 1.55 bits per heavy atom. The highest BCUT2D eigenvalue weighted by Gasteiger charge is 2.05. The highest BCUT2D eigenvalue weighted by molar-refractivity contribution is 5.95. The number of fused-ring (bicyclic) bond motifs is 1. The van der Waals surface area contributed by atoms with Crippen LogP contribution in [0.2, 0.25) is 0 Å². The lowest BCUT2D eigenvalue weighted by molar-refractivity contribution is 0.0697. The number of hydrogen-bond acceptors (Lipinski definition) is 1. The molecular weight excluding hydrogens is 248 g/mol. The molecule has 0 atom stereocenters. The van der Waals surface area contributed by atoms with Crippen molar-refractivity contribution in [2.45, 2.75) is 6.92 Å². The van der Waals surface area contributed by atoms with E-state index in [1.807, 2.05) is 24.3 Å². The van der Waals surface area contributed by atoms with Crippen molar-refractivity contribution >= 4 is 16.7 Å². The molecule has 0 aromatic heterocycles. The predicted molar refractivity (Wildman–Crippen MR) is 81.1 cm³/mol. The molecule has 2 heteroatoms. The van der Waals surface area contributed by atoms with Gasteiger partial charge in [-0.25, -0.2) is 4.79 Å². The number of aromatic carboxylic acids is 1. The average Bonchev–Trinajstić information content (AvgIpc) is 2.46. The van der Waals surface area contributed by atoms with Gasteiger partial charge in [0.2, 0.25) is 0 Å². The molecule has 0 spiro atoms. The first kappa shape index (κ1) is 12.4. The summed E-state index contributed by atoms with van der Waals surface area (Å²) >= 11 is 0. The zero-order valence-electron chi connectivity index (χ0n) is 11.1. The molecule has 0 saturated heterocycles. The molecule has 0 fully saturated rings. The molecule has 3 aromatic rings. The lowest BCUT2D eigenvalue weighted by Crippen LogP contribution is -1.95. The summed E-state index contributed by atoms with van der Waals surface area (Å²) in [6.07, 6.45) is 0. The Morgan fingerprint density at radius 1 is 0.850 bits per heavy atom. The Labute approximate surface area is 117 Å². The Balaban J connectivity index is 2.12. The smallest absolute Gasteiger partial charge is 0.335 e. The molecule has 0 radical (unpaired) electrons. The van der Waals surface area contributed by atoms with Gasteiger partial charge in [-0.15, -0.1) is 0 Å². The van der Waals surface area contributed by atoms with Gasteiger partial charge in [0.25, 0.3) is 0 Å². The zero-order valence-corrected chi connectivity index (χ0v) is 11.1. The Morgan fingerprint density at radius 3 is 2.30 bits per heavy atom. The van der Waals surface area contributed by atoms with Gasteiger partial charge in [0, 0.05) is 0 Å². The third-order valence-electron chi connectivity index (χ3n) is 3.44. The third-order valence-corrected chi connectivity index (χ3v) is 3.44. The number of benzene rings is 3. The molecule has 0 heterocycles. The van der Waals surface area contributed by atoms with E-state index < -0.39 is 5.97 Å². The topological polar surface area (TPSA) is 37.3 Å². The van der Waals surface area contributed by atoms with Crippen LogP contribution in [0, 0.1) is 6.92 Å². The molecule has 0 unspecified atom stereocenters. The number of rotatable bonds is 2. The normalized spacial score (nSPS) is 10.7. The van der Waals surface area contributed by atoms with E-state index in [4.69, 9.17) is 5.11 Å². The number of carboxylic acid groups (broad SMARTS) is 1. The summed E-state index contributed by atoms with van der Waals surface area (Å²) in [4.78, 5) is 11.0. The van der Waals surface area contributed by atoms with Gasteiger partial charge in [0.15, 0.2) is 0 Å². The van der Waals surface area contributed by atoms with Gasteiger partial charge in [0.1, 0.15) is 0 Å². The summed E-state index contributed by atoms with van der Waals surface area (Å²) in [6, 6.07) is 19.6. The van der Waals surface area contributed by atoms with Crippen molar-refractivity contribution in [2.24, 2.45) is 0 Å². The summed E-state index contributed by atoms with van der Waals surface area (Å²) in [5, 5.41) is 11.0. The monoisotopic (exact) mass is 262 g/mol. The van der Waals surface area contributed by atoms with Crippen LogP contribution in [-0.2, 0) is 0 Å². The molecule has 0 aliphatic rings. The van der Waals surface area contributed by atoms with Crippen LogP contribution in [0.5, 0.6) is 0 Å². The van der Waals surface area contributed by atoms with E-state index >= 15 is 0 Å². The SMILES string of the molecule is Cc1cccc(-c2ccc3cc(C(=O)O)ccc3c2)c1. The van der Waals surface area contributed by atoms with Gasteiger partial charge in [0.05, 0.1) is 5.56 Å². The van der Waals surface area contributed by atoms with Crippen LogP contribution >= 0.6 is 0 Å². The standard InChI is InChI=1S/C18H14O2/c1-12-3-2-4-13(9-12)14-5-6-16-11-17(18(19)20)8-7-15(16)10-14/h2-11H,1H3,(H,19,20). The molecule has 0 saturated carbocycles. The molecule has 0 aliphatic carbocycles. The fourth-order valence-electron chi connectivity index (χ4n) is 2.38. The quantitative estimate of drug-likeness (QED) is 0.737. The number of carboxylic acids is 1. The van der Waals surface area contributed by atoms with Crippen LogP contribution < -0.4 is 0 Å². The zero-order chi connectivity index (χ0) is 14.1. The van der Waals surface area contributed by atoms with E-state index in [0.29, 0.717) is 5.56 Å². The molecule has 3 rings (SSSR count). The first-order chi connectivity index (χ1) is 9.63. The van der Waals surface area contributed by atoms with Crippen molar-refractivity contribution in [3.63, 3.8) is 0 Å². The number of aryl methyl sites for hydroxylation is 1. The van der Waals surface area contributed by atoms with Crippen molar-refractivity contribution in [1.29, 1.82) is 0 Å². The van der Waals surface area contributed by atoms with E-state index in [1.165, 1.54) is 11.1 Å².